The molecule has 0 bridgehead atoms. The van der Waals surface area contributed by atoms with Gasteiger partial charge in [0.25, 0.3) is 0 Å². The lowest BCUT2D eigenvalue weighted by atomic mass is 10.1. The van der Waals surface area contributed by atoms with E-state index in [9.17, 15) is 0 Å². The molecule has 0 saturated carbocycles. The predicted molar refractivity (Wildman–Crippen MR) is 106 cm³/mol. The normalized spacial score (nSPS) is 10.3. The Hall–Kier alpha value is -2.51. The summed E-state index contributed by atoms with van der Waals surface area (Å²) in [5.74, 6) is 0.893. The average molecular weight is 371 g/mol. The molecule has 2 N–H and O–H groups in total. The zero-order valence-corrected chi connectivity index (χ0v) is 15.4. The van der Waals surface area contributed by atoms with Gasteiger partial charge in [0.2, 0.25) is 0 Å². The number of nitrogens with zero attached hydrogens (tertiary/aromatic N) is 2. The summed E-state index contributed by atoms with van der Waals surface area (Å²) in [6, 6.07) is 11.9. The summed E-state index contributed by atoms with van der Waals surface area (Å²) in [5, 5.41) is 9.62. The molecule has 0 radical (unpaired) electrons. The highest BCUT2D eigenvalue weighted by Gasteiger charge is 2.06. The molecule has 25 heavy (non-hydrogen) atoms. The average Bonchev–Trinajstić information content (AvgIpc) is 3.11. The van der Waals surface area contributed by atoms with Gasteiger partial charge in [0.1, 0.15) is 5.75 Å². The van der Waals surface area contributed by atoms with E-state index in [1.165, 1.54) is 11.3 Å². The molecule has 7 heteroatoms. The fraction of sp³-hybridized carbons (Fsp3) is 0.167. The van der Waals surface area contributed by atoms with E-state index in [1.54, 1.807) is 19.5 Å². The number of anilines is 1. The van der Waals surface area contributed by atoms with E-state index in [4.69, 9.17) is 17.0 Å². The van der Waals surface area contributed by atoms with Crippen LogP contribution in [0.1, 0.15) is 5.56 Å². The van der Waals surface area contributed by atoms with Gasteiger partial charge in [-0.15, -0.1) is 11.3 Å². The zero-order valence-electron chi connectivity index (χ0n) is 13.7. The zero-order chi connectivity index (χ0) is 17.5. The second-order valence-electron chi connectivity index (χ2n) is 5.22. The van der Waals surface area contributed by atoms with Crippen molar-refractivity contribution in [3.8, 4) is 17.0 Å². The van der Waals surface area contributed by atoms with Crippen molar-refractivity contribution in [2.75, 3.05) is 19.0 Å². The van der Waals surface area contributed by atoms with Crippen LogP contribution in [0, 0.1) is 0 Å². The van der Waals surface area contributed by atoms with Crippen LogP contribution in [0.25, 0.3) is 11.3 Å². The Bertz CT molecular complexity index is 836. The van der Waals surface area contributed by atoms with E-state index in [-0.39, 0.29) is 0 Å². The number of nitrogens with one attached hydrogen (secondary N) is 2. The summed E-state index contributed by atoms with van der Waals surface area (Å²) in [4.78, 5) is 8.64. The number of para-hydroxylation sites is 1. The van der Waals surface area contributed by atoms with Crippen molar-refractivity contribution in [3.05, 3.63) is 59.7 Å². The smallest absolute Gasteiger partial charge is 0.189 e. The lowest BCUT2D eigenvalue weighted by Gasteiger charge is -2.10. The summed E-state index contributed by atoms with van der Waals surface area (Å²) >= 11 is 6.85. The molecule has 0 atom stereocenters. The summed E-state index contributed by atoms with van der Waals surface area (Å²) in [6.07, 6.45) is 4.36. The number of aromatic nitrogens is 2. The molecule has 3 rings (SSSR count). The standard InChI is InChI=1S/C18H18N4OS2/c1-23-16-7-3-2-5-13(16)8-10-20-17(24)22-18-21-15(12-25-18)14-6-4-9-19-11-14/h2-7,9,11-12H,8,10H2,1H3,(H2,20,21,22,24). The third-order valence-electron chi connectivity index (χ3n) is 3.55. The van der Waals surface area contributed by atoms with Crippen molar-refractivity contribution in [1.29, 1.82) is 0 Å². The third-order valence-corrected chi connectivity index (χ3v) is 4.56. The molecule has 0 spiro atoms. The number of rotatable bonds is 6. The van der Waals surface area contributed by atoms with Gasteiger partial charge in [0.05, 0.1) is 12.8 Å². The van der Waals surface area contributed by atoms with Crippen LogP contribution in [-0.2, 0) is 6.42 Å². The lowest BCUT2D eigenvalue weighted by Crippen LogP contribution is -2.30. The van der Waals surface area contributed by atoms with Gasteiger partial charge in [-0.2, -0.15) is 0 Å². The van der Waals surface area contributed by atoms with Gasteiger partial charge in [-0.3, -0.25) is 4.98 Å². The van der Waals surface area contributed by atoms with Crippen LogP contribution in [0.4, 0.5) is 5.13 Å². The quantitative estimate of drug-likeness (QED) is 0.645. The van der Waals surface area contributed by atoms with E-state index < -0.39 is 0 Å². The summed E-state index contributed by atoms with van der Waals surface area (Å²) in [6.45, 7) is 0.715. The Morgan fingerprint density at radius 1 is 1.24 bits per heavy atom. The predicted octanol–water partition coefficient (Wildman–Crippen LogP) is 3.74. The fourth-order valence-electron chi connectivity index (χ4n) is 2.34. The van der Waals surface area contributed by atoms with Gasteiger partial charge in [0, 0.05) is 29.9 Å². The SMILES string of the molecule is COc1ccccc1CCNC(=S)Nc1nc(-c2cccnc2)cs1. The summed E-state index contributed by atoms with van der Waals surface area (Å²) in [7, 11) is 1.68. The molecule has 0 aliphatic heterocycles. The van der Waals surface area contributed by atoms with Crippen molar-refractivity contribution in [2.24, 2.45) is 0 Å². The van der Waals surface area contributed by atoms with Crippen molar-refractivity contribution in [2.45, 2.75) is 6.42 Å². The number of thiocarbonyl (C=S) groups is 1. The van der Waals surface area contributed by atoms with Gasteiger partial charge >= 0.3 is 0 Å². The Morgan fingerprint density at radius 3 is 2.92 bits per heavy atom. The number of benzene rings is 1. The third kappa shape index (κ3) is 4.74. The highest BCUT2D eigenvalue weighted by molar-refractivity contribution is 7.80. The Labute approximate surface area is 156 Å². The Balaban J connectivity index is 1.51. The first kappa shape index (κ1) is 17.3. The molecule has 5 nitrogen and oxygen atoms in total. The minimum atomic E-state index is 0.557. The molecule has 0 aliphatic rings. The first-order valence-electron chi connectivity index (χ1n) is 7.79. The van der Waals surface area contributed by atoms with Gasteiger partial charge in [0.15, 0.2) is 10.2 Å². The molecular formula is C18H18N4OS2. The molecule has 1 aromatic carbocycles. The van der Waals surface area contributed by atoms with E-state index in [0.717, 1.165) is 34.1 Å². The fourth-order valence-corrected chi connectivity index (χ4v) is 3.33. The minimum Gasteiger partial charge on any atom is -0.496 e. The van der Waals surface area contributed by atoms with E-state index in [0.29, 0.717) is 11.7 Å². The maximum absolute atomic E-state index is 5.35. The molecule has 0 unspecified atom stereocenters. The highest BCUT2D eigenvalue weighted by Crippen LogP contribution is 2.24. The number of thiazole rings is 1. The molecule has 128 valence electrons. The highest BCUT2D eigenvalue weighted by atomic mass is 32.1. The number of hydrogen-bond acceptors (Lipinski definition) is 5. The second-order valence-corrected chi connectivity index (χ2v) is 6.49. The van der Waals surface area contributed by atoms with Crippen LogP contribution in [-0.4, -0.2) is 28.7 Å². The van der Waals surface area contributed by atoms with Gasteiger partial charge in [-0.05, 0) is 42.4 Å². The molecule has 2 heterocycles. The van der Waals surface area contributed by atoms with Crippen molar-refractivity contribution in [3.63, 3.8) is 0 Å². The van der Waals surface area contributed by atoms with Crippen molar-refractivity contribution in [1.82, 2.24) is 15.3 Å². The molecule has 0 saturated heterocycles. The van der Waals surface area contributed by atoms with Gasteiger partial charge in [-0.25, -0.2) is 4.98 Å². The molecule has 3 aromatic rings. The van der Waals surface area contributed by atoms with Crippen LogP contribution in [0.2, 0.25) is 0 Å². The first-order chi connectivity index (χ1) is 12.3. The monoisotopic (exact) mass is 370 g/mol. The topological polar surface area (TPSA) is 59.1 Å². The van der Waals surface area contributed by atoms with Crippen LogP contribution >= 0.6 is 23.6 Å². The van der Waals surface area contributed by atoms with E-state index in [2.05, 4.69) is 26.7 Å². The summed E-state index contributed by atoms with van der Waals surface area (Å²) < 4.78 is 5.35. The van der Waals surface area contributed by atoms with Gasteiger partial charge < -0.3 is 15.4 Å². The second kappa shape index (κ2) is 8.55. The Morgan fingerprint density at radius 2 is 2.12 bits per heavy atom. The van der Waals surface area contributed by atoms with Crippen LogP contribution < -0.4 is 15.4 Å². The number of ether oxygens (including phenoxy) is 1. The molecule has 2 aromatic heterocycles. The van der Waals surface area contributed by atoms with Crippen LogP contribution in [0.3, 0.4) is 0 Å². The molecule has 0 amide bonds. The number of methoxy groups -OCH3 is 1. The maximum atomic E-state index is 5.35. The Kier molecular flexibility index (Phi) is 5.92. The van der Waals surface area contributed by atoms with Crippen LogP contribution in [0.15, 0.2) is 54.2 Å². The number of hydrogen-bond donors (Lipinski definition) is 2. The van der Waals surface area contributed by atoms with Crippen molar-refractivity contribution >= 4 is 33.8 Å². The lowest BCUT2D eigenvalue weighted by molar-refractivity contribution is 0.409. The van der Waals surface area contributed by atoms with E-state index in [1.807, 2.05) is 35.7 Å². The van der Waals surface area contributed by atoms with E-state index >= 15 is 0 Å². The van der Waals surface area contributed by atoms with Crippen LogP contribution in [0.5, 0.6) is 5.75 Å². The molecule has 0 fully saturated rings. The van der Waals surface area contributed by atoms with Crippen molar-refractivity contribution < 1.29 is 4.74 Å². The minimum absolute atomic E-state index is 0.557. The van der Waals surface area contributed by atoms with Gasteiger partial charge in [-0.1, -0.05) is 18.2 Å². The largest absolute Gasteiger partial charge is 0.496 e. The molecule has 0 aliphatic carbocycles. The maximum Gasteiger partial charge on any atom is 0.189 e. The molecular weight excluding hydrogens is 352 g/mol. The summed E-state index contributed by atoms with van der Waals surface area (Å²) in [5.41, 5.74) is 3.02. The number of pyridine rings is 1. The first-order valence-corrected chi connectivity index (χ1v) is 9.07.